The summed E-state index contributed by atoms with van der Waals surface area (Å²) in [6.45, 7) is 0.522. The van der Waals surface area contributed by atoms with Crippen molar-refractivity contribution in [1.82, 2.24) is 14.8 Å². The van der Waals surface area contributed by atoms with Gasteiger partial charge in [-0.05, 0) is 33.2 Å². The van der Waals surface area contributed by atoms with E-state index in [0.717, 1.165) is 4.57 Å². The normalized spacial score (nSPS) is 12.8. The van der Waals surface area contributed by atoms with Gasteiger partial charge in [0.1, 0.15) is 17.9 Å². The summed E-state index contributed by atoms with van der Waals surface area (Å²) in [7, 11) is 0. The second-order valence-electron chi connectivity index (χ2n) is 7.50. The Morgan fingerprint density at radius 1 is 1.23 bits per heavy atom. The molecule has 1 aromatic heterocycles. The minimum Gasteiger partial charge on any atom is -0.506 e. The van der Waals surface area contributed by atoms with Crippen molar-refractivity contribution in [3.05, 3.63) is 62.6 Å². The van der Waals surface area contributed by atoms with E-state index in [1.54, 1.807) is 6.92 Å². The number of nitrogens with one attached hydrogen (secondary N) is 1. The number of hydrogen-bond acceptors (Lipinski definition) is 6. The van der Waals surface area contributed by atoms with E-state index in [0.29, 0.717) is 5.56 Å². The van der Waals surface area contributed by atoms with Gasteiger partial charge in [0, 0.05) is 16.8 Å². The largest absolute Gasteiger partial charge is 0.506 e. The van der Waals surface area contributed by atoms with Crippen LogP contribution < -0.4 is 10.9 Å². The summed E-state index contributed by atoms with van der Waals surface area (Å²) in [5.41, 5.74) is -0.979. The quantitative estimate of drug-likeness (QED) is 0.310. The Labute approximate surface area is 207 Å². The van der Waals surface area contributed by atoms with Crippen LogP contribution in [-0.2, 0) is 33.1 Å². The van der Waals surface area contributed by atoms with Gasteiger partial charge in [-0.2, -0.15) is 8.78 Å². The smallest absolute Gasteiger partial charge is 0.410 e. The second-order valence-corrected chi connectivity index (χ2v) is 9.62. The molecule has 0 saturated heterocycles. The van der Waals surface area contributed by atoms with E-state index in [2.05, 4.69) is 4.51 Å². The van der Waals surface area contributed by atoms with Crippen LogP contribution in [0.5, 0.6) is 5.75 Å². The molecule has 0 bridgehead atoms. The van der Waals surface area contributed by atoms with Crippen molar-refractivity contribution < 1.29 is 38.1 Å². The van der Waals surface area contributed by atoms with Crippen LogP contribution in [0.15, 0.2) is 29.1 Å². The Morgan fingerprint density at radius 2 is 1.89 bits per heavy atom. The fourth-order valence-corrected chi connectivity index (χ4v) is 4.40. The average Bonchev–Trinajstić information content (AvgIpc) is 3.27. The molecular formula is C22H22F2IN3O7. The number of carbonyl (C=O) groups excluding carboxylic acids is 2. The molecule has 0 aliphatic carbocycles. The van der Waals surface area contributed by atoms with Gasteiger partial charge in [-0.15, -0.1) is 0 Å². The highest BCUT2D eigenvalue weighted by molar-refractivity contribution is 14.2. The van der Waals surface area contributed by atoms with Gasteiger partial charge in [-0.25, -0.2) is 4.79 Å². The van der Waals surface area contributed by atoms with Crippen LogP contribution in [0.2, 0.25) is 0 Å². The van der Waals surface area contributed by atoms with Crippen molar-refractivity contribution in [2.24, 2.45) is 0 Å². The van der Waals surface area contributed by atoms with Crippen LogP contribution in [0.3, 0.4) is 0 Å². The molecular weight excluding hydrogens is 583 g/mol. The molecule has 0 atom stereocenters. The van der Waals surface area contributed by atoms with Crippen LogP contribution >= 0.6 is 20.7 Å². The SMILES string of the molecule is C=IC(F)(F)c1ccc(Cn2c3c(c(O)c(C(=O)NCC(=O)O)c2=O)CN(C(=O)OCC)C3)cc1. The molecule has 1 aliphatic heterocycles. The van der Waals surface area contributed by atoms with E-state index < -0.39 is 66.0 Å². The number of pyridine rings is 1. The number of amides is 2. The van der Waals surface area contributed by atoms with Crippen LogP contribution in [-0.4, -0.2) is 55.3 Å². The Bertz CT molecular complexity index is 1250. The number of fused-ring (bicyclic) bond motifs is 1. The molecule has 2 amide bonds. The number of benzene rings is 1. The third-order valence-corrected chi connectivity index (χ3v) is 6.87. The Hall–Kier alpha value is -3.36. The molecule has 3 N–H and O–H groups in total. The monoisotopic (exact) mass is 605 g/mol. The standard InChI is InChI=1S/C22H22F2IN3O7/c1-3-35-21(34)27-10-14-15(11-27)28(9-12-4-6-13(7-5-12)22(23,24)25-2)20(33)17(18(14)31)19(32)26-8-16(29)30/h4-7,31H,2-3,8-11H2,1H3,(H,26,32)(H,29,30). The minimum atomic E-state index is -3.01. The third kappa shape index (κ3) is 5.49. The first-order chi connectivity index (χ1) is 16.5. The van der Waals surface area contributed by atoms with Gasteiger partial charge in [0.05, 0.1) is 26.2 Å². The van der Waals surface area contributed by atoms with Gasteiger partial charge in [-0.1, -0.05) is 28.8 Å². The van der Waals surface area contributed by atoms with Gasteiger partial charge >= 0.3 is 16.0 Å². The lowest BCUT2D eigenvalue weighted by atomic mass is 10.1. The van der Waals surface area contributed by atoms with E-state index in [9.17, 15) is 33.1 Å². The summed E-state index contributed by atoms with van der Waals surface area (Å²) < 4.78 is 34.4. The summed E-state index contributed by atoms with van der Waals surface area (Å²) in [6, 6.07) is 5.29. The van der Waals surface area contributed by atoms with Crippen molar-refractivity contribution in [2.75, 3.05) is 13.2 Å². The maximum atomic E-state index is 14.0. The number of hydrogen-bond donors (Lipinski definition) is 3. The lowest BCUT2D eigenvalue weighted by Gasteiger charge is -2.17. The highest BCUT2D eigenvalue weighted by Crippen LogP contribution is 2.38. The Kier molecular flexibility index (Phi) is 7.87. The fraction of sp³-hybridized carbons (Fsp3) is 0.318. The number of carboxylic acid groups (broad SMARTS) is 1. The van der Waals surface area contributed by atoms with E-state index >= 15 is 0 Å². The van der Waals surface area contributed by atoms with Gasteiger partial charge in [-0.3, -0.25) is 19.3 Å². The number of halogens is 3. The molecule has 0 spiro atoms. The summed E-state index contributed by atoms with van der Waals surface area (Å²) in [5, 5.41) is 21.6. The van der Waals surface area contributed by atoms with Crippen molar-refractivity contribution >= 4 is 43.2 Å². The summed E-state index contributed by atoms with van der Waals surface area (Å²) in [5.74, 6) is -3.12. The van der Waals surface area contributed by atoms with Gasteiger partial charge in [0.25, 0.3) is 11.5 Å². The van der Waals surface area contributed by atoms with E-state index in [1.165, 1.54) is 29.2 Å². The fourth-order valence-electron chi connectivity index (χ4n) is 3.60. The molecule has 2 aromatic rings. The number of ether oxygens (including phenoxy) is 1. The van der Waals surface area contributed by atoms with Crippen molar-refractivity contribution in [1.29, 1.82) is 0 Å². The van der Waals surface area contributed by atoms with Crippen LogP contribution in [0, 0.1) is 0 Å². The maximum absolute atomic E-state index is 14.0. The van der Waals surface area contributed by atoms with Crippen molar-refractivity contribution in [3.63, 3.8) is 0 Å². The van der Waals surface area contributed by atoms with Crippen LogP contribution in [0.4, 0.5) is 13.6 Å². The highest BCUT2D eigenvalue weighted by atomic mass is 127. The maximum Gasteiger partial charge on any atom is 0.410 e. The highest BCUT2D eigenvalue weighted by Gasteiger charge is 2.34. The zero-order chi connectivity index (χ0) is 25.9. The van der Waals surface area contributed by atoms with Crippen LogP contribution in [0.25, 0.3) is 0 Å². The number of carbonyl (C=O) groups is 3. The number of rotatable bonds is 8. The molecule has 2 heterocycles. The van der Waals surface area contributed by atoms with E-state index in [1.807, 2.05) is 5.32 Å². The molecule has 3 rings (SSSR count). The summed E-state index contributed by atoms with van der Waals surface area (Å²) in [6.07, 6.45) is -0.693. The van der Waals surface area contributed by atoms with Gasteiger partial charge in [0.2, 0.25) is 0 Å². The number of nitrogens with zero attached hydrogens (tertiary/aromatic N) is 2. The molecule has 0 radical (unpaired) electrons. The van der Waals surface area contributed by atoms with Crippen molar-refractivity contribution in [2.45, 2.75) is 30.5 Å². The molecule has 13 heteroatoms. The molecule has 0 saturated carbocycles. The number of alkyl halides is 3. The predicted molar refractivity (Wildman–Crippen MR) is 129 cm³/mol. The topological polar surface area (TPSA) is 138 Å². The lowest BCUT2D eigenvalue weighted by molar-refractivity contribution is -0.135. The first-order valence-electron chi connectivity index (χ1n) is 10.3. The zero-order valence-electron chi connectivity index (χ0n) is 18.5. The van der Waals surface area contributed by atoms with E-state index in [4.69, 9.17) is 9.84 Å². The van der Waals surface area contributed by atoms with Crippen LogP contribution in [0.1, 0.15) is 39.7 Å². The number of carboxylic acids is 1. The molecule has 0 fully saturated rings. The van der Waals surface area contributed by atoms with Gasteiger partial charge in [0.15, 0.2) is 0 Å². The minimum absolute atomic E-state index is 0.0971. The zero-order valence-corrected chi connectivity index (χ0v) is 20.7. The lowest BCUT2D eigenvalue weighted by Crippen LogP contribution is -2.37. The molecule has 188 valence electrons. The molecule has 1 aliphatic rings. The Morgan fingerprint density at radius 3 is 2.46 bits per heavy atom. The summed E-state index contributed by atoms with van der Waals surface area (Å²) >= 11 is -1.63. The molecule has 10 nitrogen and oxygen atoms in total. The number of aliphatic carboxylic acids is 1. The number of aromatic hydroxyl groups is 1. The third-order valence-electron chi connectivity index (χ3n) is 5.29. The average molecular weight is 605 g/mol. The first kappa shape index (κ1) is 26.2. The molecule has 0 unspecified atom stereocenters. The van der Waals surface area contributed by atoms with Gasteiger partial charge < -0.3 is 24.8 Å². The first-order valence-corrected chi connectivity index (χ1v) is 12.9. The van der Waals surface area contributed by atoms with Crippen molar-refractivity contribution in [3.8, 4) is 5.75 Å². The second kappa shape index (κ2) is 10.5. The molecule has 1 aromatic carbocycles. The predicted octanol–water partition coefficient (Wildman–Crippen LogP) is 2.34. The summed E-state index contributed by atoms with van der Waals surface area (Å²) in [4.78, 5) is 50.1. The Balaban J connectivity index is 2.07. The molecule has 35 heavy (non-hydrogen) atoms. The van der Waals surface area contributed by atoms with E-state index in [-0.39, 0.29) is 43.1 Å². The number of aromatic nitrogens is 1.